The monoisotopic (exact) mass is 484 g/mol. The van der Waals surface area contributed by atoms with Crippen LogP contribution < -0.4 is 20.1 Å². The van der Waals surface area contributed by atoms with Gasteiger partial charge in [0.05, 0.1) is 29.6 Å². The van der Waals surface area contributed by atoms with E-state index in [4.69, 9.17) is 4.74 Å². The summed E-state index contributed by atoms with van der Waals surface area (Å²) in [6, 6.07) is 10.5. The lowest BCUT2D eigenvalue weighted by Gasteiger charge is -2.31. The van der Waals surface area contributed by atoms with Gasteiger partial charge in [0.1, 0.15) is 10.6 Å². The molecule has 1 aliphatic carbocycles. The maximum Gasteiger partial charge on any atom is 0.265 e. The van der Waals surface area contributed by atoms with Crippen LogP contribution in [0.4, 0.5) is 17.1 Å². The van der Waals surface area contributed by atoms with Crippen LogP contribution in [0.1, 0.15) is 44.1 Å². The molecule has 8 nitrogen and oxygen atoms in total. The summed E-state index contributed by atoms with van der Waals surface area (Å²) < 4.78 is 34.6. The fourth-order valence-electron chi connectivity index (χ4n) is 5.58. The van der Waals surface area contributed by atoms with E-state index in [1.165, 1.54) is 13.2 Å². The third-order valence-electron chi connectivity index (χ3n) is 7.47. The lowest BCUT2D eigenvalue weighted by atomic mass is 9.80. The van der Waals surface area contributed by atoms with Gasteiger partial charge in [0.2, 0.25) is 5.91 Å². The van der Waals surface area contributed by atoms with Crippen molar-refractivity contribution in [2.45, 2.75) is 54.9 Å². The molecule has 1 saturated carbocycles. The normalized spacial score (nSPS) is 20.2. The van der Waals surface area contributed by atoms with E-state index < -0.39 is 15.4 Å². The fourth-order valence-corrected chi connectivity index (χ4v) is 6.79. The van der Waals surface area contributed by atoms with Crippen molar-refractivity contribution < 1.29 is 17.9 Å². The lowest BCUT2D eigenvalue weighted by molar-refractivity contribution is -0.120. The molecule has 3 aliphatic rings. The van der Waals surface area contributed by atoms with Crippen molar-refractivity contribution in [3.8, 4) is 5.75 Å². The molecule has 3 N–H and O–H groups in total. The number of likely N-dealkylation sites (tertiary alicyclic amines) is 1. The molecule has 1 spiro atoms. The second kappa shape index (κ2) is 8.78. The molecule has 0 aromatic heterocycles. The predicted octanol–water partition coefficient (Wildman–Crippen LogP) is 3.77. The molecule has 0 bridgehead atoms. The van der Waals surface area contributed by atoms with E-state index >= 15 is 0 Å². The highest BCUT2D eigenvalue weighted by atomic mass is 32.2. The van der Waals surface area contributed by atoms with Gasteiger partial charge in [0.25, 0.3) is 10.0 Å². The molecule has 1 amide bonds. The van der Waals surface area contributed by atoms with E-state index in [1.54, 1.807) is 24.3 Å². The number of anilines is 3. The quantitative estimate of drug-likeness (QED) is 0.577. The number of sulfonamides is 1. The van der Waals surface area contributed by atoms with Gasteiger partial charge in [-0.1, -0.05) is 25.0 Å². The average Bonchev–Trinajstić information content (AvgIpc) is 3.42. The van der Waals surface area contributed by atoms with E-state index in [9.17, 15) is 13.2 Å². The highest BCUT2D eigenvalue weighted by molar-refractivity contribution is 7.92. The molecular formula is C25H32N4O4S. The minimum absolute atomic E-state index is 0.0242. The van der Waals surface area contributed by atoms with Crippen LogP contribution in [0.25, 0.3) is 0 Å². The number of hydrogen-bond donors (Lipinski definition) is 3. The first-order valence-corrected chi connectivity index (χ1v) is 13.4. The number of fused-ring (bicyclic) bond motifs is 2. The zero-order valence-corrected chi connectivity index (χ0v) is 20.5. The van der Waals surface area contributed by atoms with Crippen molar-refractivity contribution in [2.75, 3.05) is 42.6 Å². The Bertz CT molecular complexity index is 1200. The minimum atomic E-state index is -3.89. The van der Waals surface area contributed by atoms with Gasteiger partial charge in [-0.2, -0.15) is 0 Å². The number of amides is 1. The third kappa shape index (κ3) is 4.01. The number of benzene rings is 2. The molecule has 2 aliphatic heterocycles. The van der Waals surface area contributed by atoms with Crippen molar-refractivity contribution in [3.63, 3.8) is 0 Å². The maximum absolute atomic E-state index is 13.3. The predicted molar refractivity (Wildman–Crippen MR) is 133 cm³/mol. The first kappa shape index (κ1) is 23.0. The van der Waals surface area contributed by atoms with E-state index in [-0.39, 0.29) is 22.6 Å². The molecule has 2 heterocycles. The molecule has 5 rings (SSSR count). The van der Waals surface area contributed by atoms with Crippen LogP contribution in [-0.2, 0) is 20.2 Å². The number of carbonyl (C=O) groups is 1. The Balaban J connectivity index is 1.54. The van der Waals surface area contributed by atoms with Gasteiger partial charge in [-0.15, -0.1) is 0 Å². The summed E-state index contributed by atoms with van der Waals surface area (Å²) in [5.41, 5.74) is 2.34. The van der Waals surface area contributed by atoms with E-state index in [0.29, 0.717) is 5.69 Å². The van der Waals surface area contributed by atoms with Crippen molar-refractivity contribution >= 4 is 33.0 Å². The average molecular weight is 485 g/mol. The Morgan fingerprint density at radius 1 is 1.12 bits per heavy atom. The van der Waals surface area contributed by atoms with Gasteiger partial charge in [0, 0.05) is 6.04 Å². The van der Waals surface area contributed by atoms with E-state index in [0.717, 1.165) is 68.6 Å². The van der Waals surface area contributed by atoms with Gasteiger partial charge < -0.3 is 20.3 Å². The molecule has 0 atom stereocenters. The summed E-state index contributed by atoms with van der Waals surface area (Å²) >= 11 is 0. The van der Waals surface area contributed by atoms with Crippen LogP contribution in [0.3, 0.4) is 0 Å². The van der Waals surface area contributed by atoms with Crippen LogP contribution in [0.15, 0.2) is 41.3 Å². The topological polar surface area (TPSA) is 99.8 Å². The second-order valence-corrected chi connectivity index (χ2v) is 11.3. The second-order valence-electron chi connectivity index (χ2n) is 9.67. The van der Waals surface area contributed by atoms with Crippen LogP contribution in [0, 0.1) is 0 Å². The molecule has 2 aromatic rings. The Morgan fingerprint density at radius 2 is 1.82 bits per heavy atom. The third-order valence-corrected chi connectivity index (χ3v) is 8.89. The Labute approximate surface area is 201 Å². The van der Waals surface area contributed by atoms with E-state index in [2.05, 4.69) is 27.3 Å². The number of para-hydroxylation sites is 1. The number of rotatable bonds is 6. The SMILES string of the molecule is COc1ccccc1S(=O)(=O)Nc1cc(NC2CCN(C)CC2)c2c(c1)C1(CCCC1)C(=O)N2. The zero-order chi connectivity index (χ0) is 23.9. The molecule has 2 aromatic carbocycles. The van der Waals surface area contributed by atoms with Gasteiger partial charge in [-0.05, 0) is 75.6 Å². The van der Waals surface area contributed by atoms with Gasteiger partial charge in [0.15, 0.2) is 0 Å². The summed E-state index contributed by atoms with van der Waals surface area (Å²) in [6.45, 7) is 1.99. The van der Waals surface area contributed by atoms with Crippen molar-refractivity contribution in [1.29, 1.82) is 0 Å². The lowest BCUT2D eigenvalue weighted by Crippen LogP contribution is -2.36. The number of carbonyl (C=O) groups excluding carboxylic acids is 1. The number of hydrogen-bond acceptors (Lipinski definition) is 6. The summed E-state index contributed by atoms with van der Waals surface area (Å²) in [7, 11) is -0.325. The molecule has 2 fully saturated rings. The molecular weight excluding hydrogens is 452 g/mol. The van der Waals surface area contributed by atoms with Gasteiger partial charge in [-0.3, -0.25) is 9.52 Å². The number of nitrogens with zero attached hydrogens (tertiary/aromatic N) is 1. The molecule has 0 unspecified atom stereocenters. The smallest absolute Gasteiger partial charge is 0.265 e. The molecule has 34 heavy (non-hydrogen) atoms. The van der Waals surface area contributed by atoms with Crippen molar-refractivity contribution in [1.82, 2.24) is 4.90 Å². The van der Waals surface area contributed by atoms with Gasteiger partial charge in [-0.25, -0.2) is 8.42 Å². The van der Waals surface area contributed by atoms with Crippen LogP contribution in [-0.4, -0.2) is 52.5 Å². The molecule has 182 valence electrons. The Kier molecular flexibility index (Phi) is 5.93. The highest BCUT2D eigenvalue weighted by Crippen LogP contribution is 2.52. The Hall–Kier alpha value is -2.78. The summed E-state index contributed by atoms with van der Waals surface area (Å²) in [5, 5.41) is 6.74. The van der Waals surface area contributed by atoms with Crippen LogP contribution in [0.2, 0.25) is 0 Å². The minimum Gasteiger partial charge on any atom is -0.495 e. The fraction of sp³-hybridized carbons (Fsp3) is 0.480. The summed E-state index contributed by atoms with van der Waals surface area (Å²) in [6.07, 6.45) is 5.51. The number of nitrogens with one attached hydrogen (secondary N) is 3. The molecule has 1 saturated heterocycles. The Morgan fingerprint density at radius 3 is 2.53 bits per heavy atom. The summed E-state index contributed by atoms with van der Waals surface area (Å²) in [5.74, 6) is 0.307. The highest BCUT2D eigenvalue weighted by Gasteiger charge is 2.49. The number of methoxy groups -OCH3 is 1. The molecule has 9 heteroatoms. The van der Waals surface area contributed by atoms with E-state index in [1.807, 2.05) is 6.07 Å². The van der Waals surface area contributed by atoms with Crippen molar-refractivity contribution in [3.05, 3.63) is 42.0 Å². The summed E-state index contributed by atoms with van der Waals surface area (Å²) in [4.78, 5) is 15.5. The number of piperidine rings is 1. The van der Waals surface area contributed by atoms with Crippen molar-refractivity contribution in [2.24, 2.45) is 0 Å². The largest absolute Gasteiger partial charge is 0.495 e. The maximum atomic E-state index is 13.3. The van der Waals surface area contributed by atoms with Crippen LogP contribution in [0.5, 0.6) is 5.75 Å². The first-order valence-electron chi connectivity index (χ1n) is 11.9. The van der Waals surface area contributed by atoms with Gasteiger partial charge >= 0.3 is 0 Å². The zero-order valence-electron chi connectivity index (χ0n) is 19.7. The van der Waals surface area contributed by atoms with Crippen LogP contribution >= 0.6 is 0 Å². The first-order chi connectivity index (χ1) is 16.3. The number of ether oxygens (including phenoxy) is 1. The molecule has 0 radical (unpaired) electrons. The standard InChI is InChI=1S/C25H32N4O4S/c1-29-13-9-17(10-14-29)26-20-16-18(28-34(31,32)22-8-4-3-7-21(22)33-2)15-19-23(20)27-24(30)25(19)11-5-6-12-25/h3-4,7-8,15-17,26,28H,5-6,9-14H2,1-2H3,(H,27,30).